The maximum absolute atomic E-state index is 5.68. The SMILES string of the molecule is C=C(C)c1nnc(C(N)CC)o1. The third-order valence-electron chi connectivity index (χ3n) is 1.56. The topological polar surface area (TPSA) is 64.9 Å². The second kappa shape index (κ2) is 3.49. The Morgan fingerprint density at radius 1 is 1.67 bits per heavy atom. The smallest absolute Gasteiger partial charge is 0.242 e. The van der Waals surface area contributed by atoms with Gasteiger partial charge in [-0.15, -0.1) is 10.2 Å². The lowest BCUT2D eigenvalue weighted by Crippen LogP contribution is -2.08. The summed E-state index contributed by atoms with van der Waals surface area (Å²) >= 11 is 0. The maximum atomic E-state index is 5.68. The van der Waals surface area contributed by atoms with Gasteiger partial charge in [0.2, 0.25) is 11.8 Å². The van der Waals surface area contributed by atoms with E-state index < -0.39 is 0 Å². The van der Waals surface area contributed by atoms with E-state index in [-0.39, 0.29) is 6.04 Å². The third-order valence-corrected chi connectivity index (χ3v) is 1.56. The van der Waals surface area contributed by atoms with Gasteiger partial charge in [0, 0.05) is 5.57 Å². The molecule has 0 spiro atoms. The molecule has 0 fully saturated rings. The third kappa shape index (κ3) is 1.71. The van der Waals surface area contributed by atoms with Crippen LogP contribution in [-0.2, 0) is 0 Å². The highest BCUT2D eigenvalue weighted by atomic mass is 16.4. The van der Waals surface area contributed by atoms with Crippen molar-refractivity contribution in [1.82, 2.24) is 10.2 Å². The van der Waals surface area contributed by atoms with Crippen LogP contribution in [0.4, 0.5) is 0 Å². The molecule has 0 aliphatic heterocycles. The van der Waals surface area contributed by atoms with E-state index >= 15 is 0 Å². The molecule has 1 rings (SSSR count). The maximum Gasteiger partial charge on any atom is 0.242 e. The molecule has 4 heteroatoms. The zero-order valence-electron chi connectivity index (χ0n) is 7.37. The number of hydrogen-bond acceptors (Lipinski definition) is 4. The average Bonchev–Trinajstić information content (AvgIpc) is 2.51. The molecule has 0 radical (unpaired) electrons. The summed E-state index contributed by atoms with van der Waals surface area (Å²) in [6.45, 7) is 7.47. The van der Waals surface area contributed by atoms with Crippen LogP contribution in [0.3, 0.4) is 0 Å². The van der Waals surface area contributed by atoms with Gasteiger partial charge in [-0.3, -0.25) is 0 Å². The van der Waals surface area contributed by atoms with Gasteiger partial charge in [-0.05, 0) is 13.3 Å². The zero-order chi connectivity index (χ0) is 9.14. The number of hydrogen-bond donors (Lipinski definition) is 1. The van der Waals surface area contributed by atoms with E-state index in [1.54, 1.807) is 0 Å². The normalized spacial score (nSPS) is 12.9. The molecular formula is C8H13N3O. The molecular weight excluding hydrogens is 154 g/mol. The van der Waals surface area contributed by atoms with Crippen LogP contribution in [0.1, 0.15) is 38.1 Å². The Labute approximate surface area is 71.5 Å². The van der Waals surface area contributed by atoms with E-state index in [0.29, 0.717) is 11.8 Å². The Morgan fingerprint density at radius 2 is 2.33 bits per heavy atom. The quantitative estimate of drug-likeness (QED) is 0.741. The standard InChI is InChI=1S/C8H13N3O/c1-4-6(9)8-11-10-7(12-8)5(2)3/h6H,2,4,9H2,1,3H3. The number of allylic oxidation sites excluding steroid dienone is 1. The van der Waals surface area contributed by atoms with Crippen LogP contribution in [0.5, 0.6) is 0 Å². The lowest BCUT2D eigenvalue weighted by atomic mass is 10.2. The molecule has 1 aromatic heterocycles. The predicted molar refractivity (Wildman–Crippen MR) is 46.2 cm³/mol. The molecule has 0 bridgehead atoms. The summed E-state index contributed by atoms with van der Waals surface area (Å²) in [6.07, 6.45) is 0.790. The summed E-state index contributed by atoms with van der Waals surface area (Å²) in [7, 11) is 0. The van der Waals surface area contributed by atoms with E-state index in [4.69, 9.17) is 10.2 Å². The highest BCUT2D eigenvalue weighted by Crippen LogP contribution is 2.15. The molecule has 1 aromatic rings. The number of nitrogens with zero attached hydrogens (tertiary/aromatic N) is 2. The van der Waals surface area contributed by atoms with Gasteiger partial charge in [-0.2, -0.15) is 0 Å². The molecule has 2 N–H and O–H groups in total. The molecule has 1 unspecified atom stereocenters. The summed E-state index contributed by atoms with van der Waals surface area (Å²) < 4.78 is 5.25. The van der Waals surface area contributed by atoms with E-state index in [2.05, 4.69) is 16.8 Å². The van der Waals surface area contributed by atoms with Crippen LogP contribution in [0, 0.1) is 0 Å². The first-order valence-corrected chi connectivity index (χ1v) is 3.90. The van der Waals surface area contributed by atoms with Crippen molar-refractivity contribution in [2.75, 3.05) is 0 Å². The first-order valence-electron chi connectivity index (χ1n) is 3.90. The van der Waals surface area contributed by atoms with Crippen molar-refractivity contribution < 1.29 is 4.42 Å². The summed E-state index contributed by atoms with van der Waals surface area (Å²) in [5.41, 5.74) is 6.44. The molecule has 1 heterocycles. The van der Waals surface area contributed by atoms with Crippen molar-refractivity contribution in [3.8, 4) is 0 Å². The zero-order valence-corrected chi connectivity index (χ0v) is 7.37. The molecule has 4 nitrogen and oxygen atoms in total. The van der Waals surface area contributed by atoms with Crippen molar-refractivity contribution in [1.29, 1.82) is 0 Å². The Bertz CT molecular complexity index is 280. The van der Waals surface area contributed by atoms with Crippen molar-refractivity contribution in [3.05, 3.63) is 18.4 Å². The molecule has 0 aliphatic carbocycles. The minimum absolute atomic E-state index is 0.161. The second-order valence-electron chi connectivity index (χ2n) is 2.74. The van der Waals surface area contributed by atoms with Gasteiger partial charge < -0.3 is 10.2 Å². The minimum atomic E-state index is -0.161. The Hall–Kier alpha value is -1.16. The van der Waals surface area contributed by atoms with Gasteiger partial charge in [-0.25, -0.2) is 0 Å². The van der Waals surface area contributed by atoms with E-state index in [0.717, 1.165) is 12.0 Å². The fourth-order valence-corrected chi connectivity index (χ4v) is 0.732. The Kier molecular flexibility index (Phi) is 2.60. The van der Waals surface area contributed by atoms with Crippen molar-refractivity contribution in [2.24, 2.45) is 5.73 Å². The van der Waals surface area contributed by atoms with Crippen LogP contribution >= 0.6 is 0 Å². The molecule has 1 atom stereocenters. The van der Waals surface area contributed by atoms with Gasteiger partial charge in [0.05, 0.1) is 6.04 Å². The lowest BCUT2D eigenvalue weighted by Gasteiger charge is -1.99. The van der Waals surface area contributed by atoms with Crippen molar-refractivity contribution in [3.63, 3.8) is 0 Å². The molecule has 0 amide bonds. The largest absolute Gasteiger partial charge is 0.419 e. The fourth-order valence-electron chi connectivity index (χ4n) is 0.732. The number of rotatable bonds is 3. The summed E-state index contributed by atoms with van der Waals surface area (Å²) in [4.78, 5) is 0. The molecule has 66 valence electrons. The molecule has 12 heavy (non-hydrogen) atoms. The lowest BCUT2D eigenvalue weighted by molar-refractivity contribution is 0.436. The van der Waals surface area contributed by atoms with Crippen LogP contribution in [0.15, 0.2) is 11.0 Å². The van der Waals surface area contributed by atoms with Crippen molar-refractivity contribution >= 4 is 5.57 Å². The van der Waals surface area contributed by atoms with E-state index in [1.165, 1.54) is 0 Å². The van der Waals surface area contributed by atoms with Gasteiger partial charge in [0.25, 0.3) is 0 Å². The second-order valence-corrected chi connectivity index (χ2v) is 2.74. The van der Waals surface area contributed by atoms with Gasteiger partial charge in [0.15, 0.2) is 0 Å². The number of nitrogens with two attached hydrogens (primary N) is 1. The van der Waals surface area contributed by atoms with Gasteiger partial charge >= 0.3 is 0 Å². The highest BCUT2D eigenvalue weighted by molar-refractivity contribution is 5.51. The molecule has 0 aliphatic rings. The Morgan fingerprint density at radius 3 is 2.75 bits per heavy atom. The van der Waals surface area contributed by atoms with Crippen LogP contribution in [-0.4, -0.2) is 10.2 Å². The minimum Gasteiger partial charge on any atom is -0.419 e. The van der Waals surface area contributed by atoms with Gasteiger partial charge in [0.1, 0.15) is 0 Å². The van der Waals surface area contributed by atoms with Crippen molar-refractivity contribution in [2.45, 2.75) is 26.3 Å². The molecule has 0 saturated carbocycles. The van der Waals surface area contributed by atoms with Gasteiger partial charge in [-0.1, -0.05) is 13.5 Å². The summed E-state index contributed by atoms with van der Waals surface area (Å²) in [5.74, 6) is 0.949. The first kappa shape index (κ1) is 8.93. The molecule has 0 aromatic carbocycles. The summed E-state index contributed by atoms with van der Waals surface area (Å²) in [6, 6.07) is -0.161. The molecule has 0 saturated heterocycles. The van der Waals surface area contributed by atoms with Crippen LogP contribution in [0.2, 0.25) is 0 Å². The van der Waals surface area contributed by atoms with E-state index in [9.17, 15) is 0 Å². The monoisotopic (exact) mass is 167 g/mol. The first-order chi connectivity index (χ1) is 5.65. The highest BCUT2D eigenvalue weighted by Gasteiger charge is 2.12. The predicted octanol–water partition coefficient (Wildman–Crippen LogP) is 1.51. The van der Waals surface area contributed by atoms with Crippen LogP contribution < -0.4 is 5.73 Å². The van der Waals surface area contributed by atoms with E-state index in [1.807, 2.05) is 13.8 Å². The average molecular weight is 167 g/mol. The Balaban J connectivity index is 2.84. The fraction of sp³-hybridized carbons (Fsp3) is 0.500. The van der Waals surface area contributed by atoms with Crippen LogP contribution in [0.25, 0.3) is 5.57 Å². The summed E-state index contributed by atoms with van der Waals surface area (Å²) in [5, 5.41) is 7.59. The number of aromatic nitrogens is 2.